The molecule has 2 rings (SSSR count). The third-order valence-corrected chi connectivity index (χ3v) is 3.61. The fourth-order valence-corrected chi connectivity index (χ4v) is 2.06. The Kier molecular flexibility index (Phi) is 3.21. The van der Waals surface area contributed by atoms with Crippen molar-refractivity contribution in [3.63, 3.8) is 0 Å². The van der Waals surface area contributed by atoms with Gasteiger partial charge in [0.15, 0.2) is 0 Å². The minimum Gasteiger partial charge on any atom is -0.386 e. The summed E-state index contributed by atoms with van der Waals surface area (Å²) in [5.41, 5.74) is 4.64. The van der Waals surface area contributed by atoms with Gasteiger partial charge in [-0.25, -0.2) is 0 Å². The summed E-state index contributed by atoms with van der Waals surface area (Å²) in [4.78, 5) is 11.5. The number of para-hydroxylation sites is 1. The second kappa shape index (κ2) is 4.37. The van der Waals surface area contributed by atoms with Crippen molar-refractivity contribution in [1.29, 1.82) is 0 Å². The second-order valence-electron chi connectivity index (χ2n) is 4.13. The van der Waals surface area contributed by atoms with Gasteiger partial charge in [-0.2, -0.15) is 0 Å². The fraction of sp³-hybridized carbons (Fsp3) is 0.364. The van der Waals surface area contributed by atoms with Gasteiger partial charge >= 0.3 is 0 Å². The number of rotatable bonds is 4. The highest BCUT2D eigenvalue weighted by atomic mass is 35.5. The molecular weight excluding hydrogens is 263 g/mol. The molecule has 0 spiro atoms. The summed E-state index contributed by atoms with van der Waals surface area (Å²) in [7, 11) is 0. The number of hydrazine groups is 1. The Hall–Kier alpha value is -0.970. The van der Waals surface area contributed by atoms with E-state index in [0.717, 1.165) is 5.69 Å². The number of carbonyl (C=O) groups is 1. The van der Waals surface area contributed by atoms with Gasteiger partial charge in [0.25, 0.3) is 0 Å². The molecule has 3 N–H and O–H groups in total. The van der Waals surface area contributed by atoms with Crippen molar-refractivity contribution in [3.8, 4) is 0 Å². The number of aliphatic hydroxyl groups is 1. The lowest BCUT2D eigenvalue weighted by atomic mass is 10.2. The van der Waals surface area contributed by atoms with Gasteiger partial charge in [-0.1, -0.05) is 41.4 Å². The normalized spacial score (nSPS) is 25.1. The minimum atomic E-state index is -1.31. The lowest BCUT2D eigenvalue weighted by Gasteiger charge is -2.12. The summed E-state index contributed by atoms with van der Waals surface area (Å²) in [5.74, 6) is -0.362. The molecule has 1 aliphatic rings. The monoisotopic (exact) mass is 274 g/mol. The lowest BCUT2D eigenvalue weighted by molar-refractivity contribution is -0.123. The average molecular weight is 275 g/mol. The number of hydrogen-bond donors (Lipinski definition) is 3. The summed E-state index contributed by atoms with van der Waals surface area (Å²) in [6.07, 6.45) is 0.0850. The molecule has 4 nitrogen and oxygen atoms in total. The number of alkyl halides is 2. The van der Waals surface area contributed by atoms with Crippen LogP contribution in [0.3, 0.4) is 0 Å². The van der Waals surface area contributed by atoms with Crippen LogP contribution in [-0.2, 0) is 4.79 Å². The number of anilines is 1. The lowest BCUT2D eigenvalue weighted by Crippen LogP contribution is -2.34. The van der Waals surface area contributed by atoms with Crippen LogP contribution in [0, 0.1) is 0 Å². The first-order valence-corrected chi connectivity index (χ1v) is 5.89. The Bertz CT molecular complexity index is 425. The molecule has 1 amide bonds. The van der Waals surface area contributed by atoms with Crippen molar-refractivity contribution in [2.24, 2.45) is 0 Å². The van der Waals surface area contributed by atoms with Gasteiger partial charge in [-0.15, -0.1) is 0 Å². The molecule has 0 aromatic heterocycles. The van der Waals surface area contributed by atoms with Gasteiger partial charge in [0, 0.05) is 6.42 Å². The van der Waals surface area contributed by atoms with Crippen LogP contribution in [0.4, 0.5) is 5.69 Å². The molecule has 1 aromatic rings. The molecule has 1 fully saturated rings. The first kappa shape index (κ1) is 12.5. The van der Waals surface area contributed by atoms with Gasteiger partial charge in [-0.3, -0.25) is 15.6 Å². The maximum absolute atomic E-state index is 11.5. The van der Waals surface area contributed by atoms with Gasteiger partial charge in [0.1, 0.15) is 9.93 Å². The predicted molar refractivity (Wildman–Crippen MR) is 66.8 cm³/mol. The topological polar surface area (TPSA) is 61.4 Å². The molecule has 17 heavy (non-hydrogen) atoms. The van der Waals surface area contributed by atoms with Crippen LogP contribution in [0.2, 0.25) is 0 Å². The van der Waals surface area contributed by atoms with Crippen molar-refractivity contribution in [1.82, 2.24) is 5.43 Å². The molecule has 0 aliphatic heterocycles. The molecule has 1 aromatic carbocycles. The summed E-state index contributed by atoms with van der Waals surface area (Å²) < 4.78 is -1.20. The van der Waals surface area contributed by atoms with Crippen molar-refractivity contribution >= 4 is 34.8 Å². The van der Waals surface area contributed by atoms with Crippen molar-refractivity contribution in [3.05, 3.63) is 30.3 Å². The molecule has 1 unspecified atom stereocenters. The van der Waals surface area contributed by atoms with Crippen molar-refractivity contribution < 1.29 is 9.90 Å². The predicted octanol–water partition coefficient (Wildman–Crippen LogP) is 1.83. The molecule has 0 radical (unpaired) electrons. The molecule has 92 valence electrons. The number of nitrogens with one attached hydrogen (secondary N) is 2. The maximum atomic E-state index is 11.5. The Labute approximate surface area is 109 Å². The van der Waals surface area contributed by atoms with Crippen LogP contribution in [0.5, 0.6) is 0 Å². The zero-order valence-electron chi connectivity index (χ0n) is 8.91. The van der Waals surface area contributed by atoms with E-state index >= 15 is 0 Å². The summed E-state index contributed by atoms with van der Waals surface area (Å²) in [6, 6.07) is 9.16. The molecule has 0 saturated heterocycles. The van der Waals surface area contributed by atoms with Gasteiger partial charge in [-0.05, 0) is 12.1 Å². The molecule has 1 saturated carbocycles. The van der Waals surface area contributed by atoms with E-state index < -0.39 is 9.93 Å². The molecule has 6 heteroatoms. The van der Waals surface area contributed by atoms with Crippen LogP contribution in [0.1, 0.15) is 12.8 Å². The Balaban J connectivity index is 1.80. The highest BCUT2D eigenvalue weighted by Gasteiger charge is 2.66. The quantitative estimate of drug-likeness (QED) is 0.580. The third kappa shape index (κ3) is 2.83. The summed E-state index contributed by atoms with van der Waals surface area (Å²) in [5, 5.41) is 9.77. The van der Waals surface area contributed by atoms with Crippen LogP contribution >= 0.6 is 23.2 Å². The van der Waals surface area contributed by atoms with Gasteiger partial charge < -0.3 is 5.11 Å². The molecular formula is C11H12Cl2N2O2. The van der Waals surface area contributed by atoms with E-state index in [2.05, 4.69) is 10.9 Å². The summed E-state index contributed by atoms with van der Waals surface area (Å²) >= 11 is 11.4. The van der Waals surface area contributed by atoms with Crippen molar-refractivity contribution in [2.75, 3.05) is 5.43 Å². The molecule has 0 bridgehead atoms. The summed E-state index contributed by atoms with van der Waals surface area (Å²) in [6.45, 7) is 0. The Morgan fingerprint density at radius 3 is 2.47 bits per heavy atom. The minimum absolute atomic E-state index is 0.125. The van der Waals surface area contributed by atoms with Crippen molar-refractivity contribution in [2.45, 2.75) is 22.8 Å². The Morgan fingerprint density at radius 1 is 1.35 bits per heavy atom. The largest absolute Gasteiger partial charge is 0.386 e. The van der Waals surface area contributed by atoms with E-state index in [1.54, 1.807) is 12.1 Å². The van der Waals surface area contributed by atoms with E-state index in [-0.39, 0.29) is 18.7 Å². The van der Waals surface area contributed by atoms with E-state index in [1.807, 2.05) is 18.2 Å². The molecule has 1 aliphatic carbocycles. The number of halogens is 2. The van der Waals surface area contributed by atoms with Crippen LogP contribution in [0.25, 0.3) is 0 Å². The first-order valence-electron chi connectivity index (χ1n) is 5.13. The van der Waals surface area contributed by atoms with Crippen LogP contribution in [0.15, 0.2) is 30.3 Å². The number of amides is 1. The maximum Gasteiger partial charge on any atom is 0.241 e. The highest BCUT2D eigenvalue weighted by molar-refractivity contribution is 6.52. The average Bonchev–Trinajstić information content (AvgIpc) is 2.75. The van der Waals surface area contributed by atoms with Gasteiger partial charge in [0.05, 0.1) is 12.1 Å². The highest BCUT2D eigenvalue weighted by Crippen LogP contribution is 2.58. The first-order chi connectivity index (χ1) is 7.93. The second-order valence-corrected chi connectivity index (χ2v) is 5.61. The van der Waals surface area contributed by atoms with E-state index in [9.17, 15) is 9.90 Å². The standard InChI is InChI=1S/C11H12Cl2N2O2/c12-11(13)7-10(11,17)6-9(16)15-14-8-4-2-1-3-5-8/h1-5,14,17H,6-7H2,(H,15,16). The molecule has 1 atom stereocenters. The zero-order valence-corrected chi connectivity index (χ0v) is 10.4. The zero-order chi connectivity index (χ0) is 12.5. The Morgan fingerprint density at radius 2 is 1.94 bits per heavy atom. The van der Waals surface area contributed by atoms with Crippen LogP contribution < -0.4 is 10.9 Å². The number of carbonyl (C=O) groups excluding carboxylic acids is 1. The third-order valence-electron chi connectivity index (χ3n) is 2.64. The van der Waals surface area contributed by atoms with E-state index in [0.29, 0.717) is 0 Å². The van der Waals surface area contributed by atoms with Crippen LogP contribution in [-0.4, -0.2) is 20.9 Å². The number of hydrogen-bond acceptors (Lipinski definition) is 3. The fourth-order valence-electron chi connectivity index (χ4n) is 1.49. The van der Waals surface area contributed by atoms with E-state index in [1.165, 1.54) is 0 Å². The smallest absolute Gasteiger partial charge is 0.241 e. The van der Waals surface area contributed by atoms with E-state index in [4.69, 9.17) is 23.2 Å². The van der Waals surface area contributed by atoms with Gasteiger partial charge in [0.2, 0.25) is 5.91 Å². The number of benzene rings is 1. The SMILES string of the molecule is O=C(CC1(O)CC1(Cl)Cl)NNc1ccccc1. The molecule has 0 heterocycles.